The molecule has 0 aliphatic carbocycles. The maximum Gasteiger partial charge on any atom is 0.218 e. The number of hydrogen-bond donors (Lipinski definition) is 1. The Labute approximate surface area is 148 Å². The molecule has 0 unspecified atom stereocenters. The lowest BCUT2D eigenvalue weighted by Crippen LogP contribution is -2.03. The number of thiophene rings is 1. The second-order valence-corrected chi connectivity index (χ2v) is 8.00. The third-order valence-electron chi connectivity index (χ3n) is 3.38. The summed E-state index contributed by atoms with van der Waals surface area (Å²) in [6.07, 6.45) is 0. The molecule has 0 fully saturated rings. The van der Waals surface area contributed by atoms with Crippen molar-refractivity contribution < 1.29 is 12.8 Å². The van der Waals surface area contributed by atoms with Crippen LogP contribution in [-0.4, -0.2) is 18.4 Å². The van der Waals surface area contributed by atoms with Gasteiger partial charge in [0, 0.05) is 21.9 Å². The summed E-state index contributed by atoms with van der Waals surface area (Å²) in [5.41, 5.74) is 0.515. The minimum absolute atomic E-state index is 0.110. The number of anilines is 1. The molecule has 5 nitrogen and oxygen atoms in total. The van der Waals surface area contributed by atoms with Gasteiger partial charge in [-0.15, -0.1) is 11.3 Å². The van der Waals surface area contributed by atoms with Crippen LogP contribution in [0.1, 0.15) is 4.88 Å². The fourth-order valence-corrected chi connectivity index (χ4v) is 3.47. The van der Waals surface area contributed by atoms with Gasteiger partial charge in [-0.3, -0.25) is 0 Å². The fourth-order valence-electron chi connectivity index (χ4n) is 2.12. The lowest BCUT2D eigenvalue weighted by atomic mass is 10.2. The van der Waals surface area contributed by atoms with Gasteiger partial charge in [0.05, 0.1) is 11.4 Å². The van der Waals surface area contributed by atoms with E-state index in [0.717, 1.165) is 10.3 Å². The van der Waals surface area contributed by atoms with Crippen molar-refractivity contribution in [1.82, 2.24) is 9.97 Å². The predicted molar refractivity (Wildman–Crippen MR) is 96.5 cm³/mol. The molecule has 128 valence electrons. The highest BCUT2D eigenvalue weighted by Crippen LogP contribution is 2.21. The van der Waals surface area contributed by atoms with Gasteiger partial charge in [-0.05, 0) is 35.7 Å². The SMILES string of the molecule is C=CS(=O)(=O)c1ccc(-c2nc(F)cc(NCc3cccs3)n2)cc1. The van der Waals surface area contributed by atoms with E-state index in [9.17, 15) is 12.8 Å². The highest BCUT2D eigenvalue weighted by atomic mass is 32.2. The molecule has 3 aromatic rings. The van der Waals surface area contributed by atoms with E-state index in [4.69, 9.17) is 0 Å². The van der Waals surface area contributed by atoms with Crippen molar-refractivity contribution in [3.63, 3.8) is 0 Å². The van der Waals surface area contributed by atoms with Crippen molar-refractivity contribution in [1.29, 1.82) is 0 Å². The van der Waals surface area contributed by atoms with Crippen molar-refractivity contribution in [3.8, 4) is 11.4 Å². The zero-order chi connectivity index (χ0) is 17.9. The highest BCUT2D eigenvalue weighted by molar-refractivity contribution is 7.94. The quantitative estimate of drug-likeness (QED) is 0.662. The molecule has 1 N–H and O–H groups in total. The van der Waals surface area contributed by atoms with Gasteiger partial charge in [-0.25, -0.2) is 13.4 Å². The zero-order valence-corrected chi connectivity index (χ0v) is 14.6. The molecular formula is C17H14FN3O2S2. The molecule has 0 radical (unpaired) electrons. The van der Waals surface area contributed by atoms with Gasteiger partial charge in [0.2, 0.25) is 5.95 Å². The number of aromatic nitrogens is 2. The highest BCUT2D eigenvalue weighted by Gasteiger charge is 2.11. The molecule has 0 aliphatic heterocycles. The minimum Gasteiger partial charge on any atom is -0.365 e. The van der Waals surface area contributed by atoms with Crippen LogP contribution in [0, 0.1) is 5.95 Å². The molecule has 0 spiro atoms. The van der Waals surface area contributed by atoms with Crippen LogP contribution in [0.15, 0.2) is 64.7 Å². The van der Waals surface area contributed by atoms with E-state index in [1.165, 1.54) is 30.3 Å². The average Bonchev–Trinajstić information content (AvgIpc) is 3.13. The Bertz CT molecular complexity index is 985. The molecule has 2 aromatic heterocycles. The molecule has 25 heavy (non-hydrogen) atoms. The number of sulfone groups is 1. The Morgan fingerprint density at radius 2 is 1.96 bits per heavy atom. The largest absolute Gasteiger partial charge is 0.365 e. The van der Waals surface area contributed by atoms with Crippen LogP contribution in [-0.2, 0) is 16.4 Å². The van der Waals surface area contributed by atoms with Crippen LogP contribution in [0.4, 0.5) is 10.2 Å². The van der Waals surface area contributed by atoms with Crippen LogP contribution >= 0.6 is 11.3 Å². The molecule has 0 aliphatic rings. The first-order valence-corrected chi connectivity index (χ1v) is 9.69. The summed E-state index contributed by atoms with van der Waals surface area (Å²) < 4.78 is 37.3. The van der Waals surface area contributed by atoms with E-state index in [1.807, 2.05) is 17.5 Å². The Kier molecular flexibility index (Phi) is 4.91. The third-order valence-corrected chi connectivity index (χ3v) is 5.62. The van der Waals surface area contributed by atoms with Crippen molar-refractivity contribution in [2.45, 2.75) is 11.4 Å². The number of nitrogens with zero attached hydrogens (tertiary/aromatic N) is 2. The van der Waals surface area contributed by atoms with E-state index >= 15 is 0 Å². The number of hydrogen-bond acceptors (Lipinski definition) is 6. The molecular weight excluding hydrogens is 361 g/mol. The van der Waals surface area contributed by atoms with E-state index in [-0.39, 0.29) is 10.7 Å². The predicted octanol–water partition coefficient (Wildman–Crippen LogP) is 3.87. The lowest BCUT2D eigenvalue weighted by Gasteiger charge is -2.07. The summed E-state index contributed by atoms with van der Waals surface area (Å²) in [5, 5.41) is 5.90. The van der Waals surface area contributed by atoms with Crippen LogP contribution < -0.4 is 5.32 Å². The van der Waals surface area contributed by atoms with Gasteiger partial charge in [0.1, 0.15) is 5.82 Å². The maximum atomic E-state index is 13.8. The average molecular weight is 375 g/mol. The number of benzene rings is 1. The minimum atomic E-state index is -3.51. The van der Waals surface area contributed by atoms with Crippen LogP contribution in [0.3, 0.4) is 0 Å². The molecule has 8 heteroatoms. The monoisotopic (exact) mass is 375 g/mol. The number of rotatable bonds is 6. The first-order chi connectivity index (χ1) is 12.0. The molecule has 3 rings (SSSR count). The third kappa shape index (κ3) is 4.09. The summed E-state index contributed by atoms with van der Waals surface area (Å²) >= 11 is 1.59. The molecule has 1 aromatic carbocycles. The Hall–Kier alpha value is -2.58. The molecule has 0 saturated carbocycles. The number of nitrogens with one attached hydrogen (secondary N) is 1. The van der Waals surface area contributed by atoms with Gasteiger partial charge in [0.25, 0.3) is 0 Å². The van der Waals surface area contributed by atoms with E-state index < -0.39 is 15.8 Å². The summed E-state index contributed by atoms with van der Waals surface area (Å²) in [4.78, 5) is 9.27. The smallest absolute Gasteiger partial charge is 0.218 e. The Balaban J connectivity index is 1.85. The van der Waals surface area contributed by atoms with Gasteiger partial charge >= 0.3 is 0 Å². The molecule has 2 heterocycles. The zero-order valence-electron chi connectivity index (χ0n) is 13.0. The molecule has 0 bridgehead atoms. The van der Waals surface area contributed by atoms with Crippen molar-refractivity contribution in [3.05, 3.63) is 70.7 Å². The molecule has 0 amide bonds. The lowest BCUT2D eigenvalue weighted by molar-refractivity contribution is 0.582. The maximum absolute atomic E-state index is 13.8. The Morgan fingerprint density at radius 3 is 2.60 bits per heavy atom. The van der Waals surface area contributed by atoms with Crippen molar-refractivity contribution >= 4 is 27.0 Å². The molecule has 0 saturated heterocycles. The van der Waals surface area contributed by atoms with Crippen LogP contribution in [0.5, 0.6) is 0 Å². The molecule has 0 atom stereocenters. The topological polar surface area (TPSA) is 72.0 Å². The summed E-state index contributed by atoms with van der Waals surface area (Å²) in [7, 11) is -3.51. The normalized spacial score (nSPS) is 11.2. The van der Waals surface area contributed by atoms with Gasteiger partial charge < -0.3 is 5.32 Å². The van der Waals surface area contributed by atoms with Crippen molar-refractivity contribution in [2.75, 3.05) is 5.32 Å². The first-order valence-electron chi connectivity index (χ1n) is 7.27. The fraction of sp³-hybridized carbons (Fsp3) is 0.0588. The second-order valence-electron chi connectivity index (χ2n) is 5.07. The van der Waals surface area contributed by atoms with Crippen LogP contribution in [0.2, 0.25) is 0 Å². The first kappa shape index (κ1) is 17.2. The second kappa shape index (κ2) is 7.12. The Morgan fingerprint density at radius 1 is 1.20 bits per heavy atom. The van der Waals surface area contributed by atoms with E-state index in [1.54, 1.807) is 11.3 Å². The van der Waals surface area contributed by atoms with E-state index in [2.05, 4.69) is 21.9 Å². The van der Waals surface area contributed by atoms with E-state index in [0.29, 0.717) is 17.9 Å². The number of halogens is 1. The van der Waals surface area contributed by atoms with Crippen LogP contribution in [0.25, 0.3) is 11.4 Å². The van der Waals surface area contributed by atoms with Gasteiger partial charge in [-0.1, -0.05) is 12.6 Å². The van der Waals surface area contributed by atoms with Gasteiger partial charge in [-0.2, -0.15) is 9.37 Å². The standard InChI is InChI=1S/C17H14FN3O2S2/c1-2-25(22,23)14-7-5-12(6-8-14)17-20-15(18)10-16(21-17)19-11-13-4-3-9-24-13/h2-10H,1,11H2,(H,19,20,21). The summed E-state index contributed by atoms with van der Waals surface area (Å²) in [6.45, 7) is 3.82. The van der Waals surface area contributed by atoms with Gasteiger partial charge in [0.15, 0.2) is 15.7 Å². The summed E-state index contributed by atoms with van der Waals surface area (Å²) in [6, 6.07) is 11.0. The van der Waals surface area contributed by atoms with Crippen molar-refractivity contribution in [2.24, 2.45) is 0 Å². The summed E-state index contributed by atoms with van der Waals surface area (Å²) in [5.74, 6) is -0.128.